The van der Waals surface area contributed by atoms with Gasteiger partial charge in [0.2, 0.25) is 0 Å². The van der Waals surface area contributed by atoms with Crippen LogP contribution in [-0.4, -0.2) is 12.4 Å². The van der Waals surface area contributed by atoms with Crippen molar-refractivity contribution < 1.29 is 9.53 Å². The van der Waals surface area contributed by atoms with Crippen molar-refractivity contribution in [3.05, 3.63) is 24.0 Å². The average molecular weight is 166 g/mol. The Labute approximate surface area is 72.9 Å². The van der Waals surface area contributed by atoms with E-state index in [9.17, 15) is 4.79 Å². The third-order valence-corrected chi connectivity index (χ3v) is 2.02. The van der Waals surface area contributed by atoms with Gasteiger partial charge in [0.05, 0.1) is 0 Å². The van der Waals surface area contributed by atoms with Crippen molar-refractivity contribution in [2.75, 3.05) is 6.61 Å². The number of Topliss-reactive ketones (excluding diaryl/α,β-unsaturated/α-hetero) is 1. The van der Waals surface area contributed by atoms with E-state index < -0.39 is 0 Å². The maximum absolute atomic E-state index is 11.2. The molecule has 0 fully saturated rings. The second-order valence-corrected chi connectivity index (χ2v) is 2.92. The summed E-state index contributed by atoms with van der Waals surface area (Å²) in [5.41, 5.74) is 0.795. The number of carbonyl (C=O) groups is 1. The smallest absolute Gasteiger partial charge is 0.161 e. The highest BCUT2D eigenvalue weighted by atomic mass is 16.5. The van der Waals surface area contributed by atoms with Crippen LogP contribution in [0.1, 0.15) is 26.2 Å². The SMILES string of the molecule is C=CCOC1=C(C)C(=O)CCC1. The summed E-state index contributed by atoms with van der Waals surface area (Å²) in [4.78, 5) is 11.2. The Hall–Kier alpha value is -1.05. The lowest BCUT2D eigenvalue weighted by molar-refractivity contribution is -0.116. The van der Waals surface area contributed by atoms with E-state index in [0.717, 1.165) is 24.2 Å². The van der Waals surface area contributed by atoms with Crippen LogP contribution in [0.15, 0.2) is 24.0 Å². The molecule has 0 saturated heterocycles. The van der Waals surface area contributed by atoms with Crippen molar-refractivity contribution in [1.82, 2.24) is 0 Å². The van der Waals surface area contributed by atoms with Gasteiger partial charge in [-0.25, -0.2) is 0 Å². The van der Waals surface area contributed by atoms with Crippen LogP contribution >= 0.6 is 0 Å². The molecule has 0 saturated carbocycles. The molecular formula is C10H14O2. The molecule has 0 aromatic carbocycles. The van der Waals surface area contributed by atoms with E-state index in [0.29, 0.717) is 13.0 Å². The fourth-order valence-electron chi connectivity index (χ4n) is 1.28. The van der Waals surface area contributed by atoms with Gasteiger partial charge in [-0.1, -0.05) is 12.7 Å². The third kappa shape index (κ3) is 1.97. The summed E-state index contributed by atoms with van der Waals surface area (Å²) in [6.07, 6.45) is 4.18. The topological polar surface area (TPSA) is 26.3 Å². The maximum atomic E-state index is 11.2. The number of hydrogen-bond acceptors (Lipinski definition) is 2. The Balaban J connectivity index is 2.64. The van der Waals surface area contributed by atoms with Crippen LogP contribution in [0.2, 0.25) is 0 Å². The minimum atomic E-state index is 0.223. The van der Waals surface area contributed by atoms with Crippen molar-refractivity contribution in [2.24, 2.45) is 0 Å². The predicted molar refractivity (Wildman–Crippen MR) is 47.7 cm³/mol. The normalized spacial score (nSPS) is 17.9. The molecule has 0 bridgehead atoms. The minimum absolute atomic E-state index is 0.223. The van der Waals surface area contributed by atoms with Gasteiger partial charge in [-0.3, -0.25) is 4.79 Å². The lowest BCUT2D eigenvalue weighted by Gasteiger charge is -2.16. The standard InChI is InChI=1S/C10H14O2/c1-3-7-12-10-6-4-5-9(11)8(10)2/h3H,1,4-7H2,2H3. The Morgan fingerprint density at radius 3 is 3.00 bits per heavy atom. The number of ketones is 1. The van der Waals surface area contributed by atoms with Gasteiger partial charge in [-0.15, -0.1) is 0 Å². The highest BCUT2D eigenvalue weighted by Gasteiger charge is 2.17. The van der Waals surface area contributed by atoms with Crippen LogP contribution < -0.4 is 0 Å². The van der Waals surface area contributed by atoms with E-state index in [1.807, 2.05) is 6.92 Å². The minimum Gasteiger partial charge on any atom is -0.493 e. The molecule has 0 spiro atoms. The summed E-state index contributed by atoms with van der Waals surface area (Å²) in [5.74, 6) is 1.08. The number of ether oxygens (including phenoxy) is 1. The first-order valence-electron chi connectivity index (χ1n) is 4.22. The molecule has 0 aliphatic heterocycles. The van der Waals surface area contributed by atoms with Crippen LogP contribution in [0, 0.1) is 0 Å². The number of allylic oxidation sites excluding steroid dienone is 2. The Morgan fingerprint density at radius 1 is 1.58 bits per heavy atom. The van der Waals surface area contributed by atoms with Crippen LogP contribution in [0.5, 0.6) is 0 Å². The van der Waals surface area contributed by atoms with Gasteiger partial charge < -0.3 is 4.74 Å². The zero-order valence-corrected chi connectivity index (χ0v) is 7.43. The summed E-state index contributed by atoms with van der Waals surface area (Å²) in [6.45, 7) is 5.89. The van der Waals surface area contributed by atoms with E-state index in [2.05, 4.69) is 6.58 Å². The molecule has 66 valence electrons. The zero-order valence-electron chi connectivity index (χ0n) is 7.43. The third-order valence-electron chi connectivity index (χ3n) is 2.02. The van der Waals surface area contributed by atoms with Gasteiger partial charge in [0.1, 0.15) is 12.4 Å². The molecule has 0 aromatic rings. The quantitative estimate of drug-likeness (QED) is 0.601. The molecule has 0 atom stereocenters. The molecule has 0 radical (unpaired) electrons. The number of rotatable bonds is 3. The van der Waals surface area contributed by atoms with E-state index >= 15 is 0 Å². The second kappa shape index (κ2) is 4.10. The monoisotopic (exact) mass is 166 g/mol. The molecule has 1 rings (SSSR count). The molecule has 1 aliphatic rings. The van der Waals surface area contributed by atoms with Crippen LogP contribution in [-0.2, 0) is 9.53 Å². The number of hydrogen-bond donors (Lipinski definition) is 0. The Morgan fingerprint density at radius 2 is 2.33 bits per heavy atom. The van der Waals surface area contributed by atoms with Crippen molar-refractivity contribution >= 4 is 5.78 Å². The van der Waals surface area contributed by atoms with E-state index in [-0.39, 0.29) is 5.78 Å². The fourth-order valence-corrected chi connectivity index (χ4v) is 1.28. The summed E-state index contributed by atoms with van der Waals surface area (Å²) in [7, 11) is 0. The van der Waals surface area contributed by atoms with Crippen molar-refractivity contribution in [3.8, 4) is 0 Å². The van der Waals surface area contributed by atoms with Crippen molar-refractivity contribution in [3.63, 3.8) is 0 Å². The molecule has 2 heteroatoms. The summed E-state index contributed by atoms with van der Waals surface area (Å²) >= 11 is 0. The summed E-state index contributed by atoms with van der Waals surface area (Å²) in [5, 5.41) is 0. The van der Waals surface area contributed by atoms with Crippen LogP contribution in [0.3, 0.4) is 0 Å². The average Bonchev–Trinajstić information content (AvgIpc) is 2.08. The van der Waals surface area contributed by atoms with E-state index in [1.54, 1.807) is 6.08 Å². The lowest BCUT2D eigenvalue weighted by atomic mass is 9.98. The van der Waals surface area contributed by atoms with Crippen LogP contribution in [0.4, 0.5) is 0 Å². The van der Waals surface area contributed by atoms with Gasteiger partial charge in [0, 0.05) is 18.4 Å². The van der Waals surface area contributed by atoms with E-state index in [4.69, 9.17) is 4.74 Å². The molecule has 0 unspecified atom stereocenters. The highest BCUT2D eigenvalue weighted by Crippen LogP contribution is 2.22. The first kappa shape index (κ1) is 9.04. The van der Waals surface area contributed by atoms with Gasteiger partial charge >= 0.3 is 0 Å². The second-order valence-electron chi connectivity index (χ2n) is 2.92. The summed E-state index contributed by atoms with van der Waals surface area (Å²) < 4.78 is 5.36. The first-order chi connectivity index (χ1) is 5.75. The molecule has 1 aliphatic carbocycles. The molecule has 12 heavy (non-hydrogen) atoms. The Kier molecular flexibility index (Phi) is 3.09. The van der Waals surface area contributed by atoms with Crippen LogP contribution in [0.25, 0.3) is 0 Å². The van der Waals surface area contributed by atoms with Crippen molar-refractivity contribution in [2.45, 2.75) is 26.2 Å². The van der Waals surface area contributed by atoms with E-state index in [1.165, 1.54) is 0 Å². The van der Waals surface area contributed by atoms with Gasteiger partial charge in [0.25, 0.3) is 0 Å². The van der Waals surface area contributed by atoms with Gasteiger partial charge in [-0.2, -0.15) is 0 Å². The van der Waals surface area contributed by atoms with Gasteiger partial charge in [-0.05, 0) is 13.3 Å². The fraction of sp³-hybridized carbons (Fsp3) is 0.500. The molecular weight excluding hydrogens is 152 g/mol. The van der Waals surface area contributed by atoms with Gasteiger partial charge in [0.15, 0.2) is 5.78 Å². The maximum Gasteiger partial charge on any atom is 0.161 e. The largest absolute Gasteiger partial charge is 0.493 e. The molecule has 0 N–H and O–H groups in total. The van der Waals surface area contributed by atoms with Crippen molar-refractivity contribution in [1.29, 1.82) is 0 Å². The predicted octanol–water partition coefficient (Wildman–Crippen LogP) is 2.22. The first-order valence-corrected chi connectivity index (χ1v) is 4.22. The molecule has 2 nitrogen and oxygen atoms in total. The Bertz CT molecular complexity index is 226. The molecule has 0 heterocycles. The molecule has 0 aromatic heterocycles. The summed E-state index contributed by atoms with van der Waals surface area (Å²) in [6, 6.07) is 0. The number of carbonyl (C=O) groups excluding carboxylic acids is 1. The lowest BCUT2D eigenvalue weighted by Crippen LogP contribution is -2.11. The zero-order chi connectivity index (χ0) is 8.97. The molecule has 0 amide bonds. The highest BCUT2D eigenvalue weighted by molar-refractivity contribution is 5.95.